The van der Waals surface area contributed by atoms with Gasteiger partial charge in [0.25, 0.3) is 0 Å². The van der Waals surface area contributed by atoms with Gasteiger partial charge in [0.1, 0.15) is 12.4 Å². The third-order valence-corrected chi connectivity index (χ3v) is 4.76. The van der Waals surface area contributed by atoms with E-state index >= 15 is 0 Å². The van der Waals surface area contributed by atoms with Crippen LogP contribution in [0.1, 0.15) is 15.9 Å². The maximum absolute atomic E-state index is 12.4. The number of hydrogen-bond donors (Lipinski definition) is 0. The zero-order chi connectivity index (χ0) is 19.3. The van der Waals surface area contributed by atoms with Crippen molar-refractivity contribution in [3.05, 3.63) is 102 Å². The van der Waals surface area contributed by atoms with Crippen LogP contribution < -0.4 is 4.74 Å². The minimum absolute atomic E-state index is 0.292. The highest BCUT2D eigenvalue weighted by Crippen LogP contribution is 2.26. The van der Waals surface area contributed by atoms with Crippen molar-refractivity contribution in [2.45, 2.75) is 6.61 Å². The number of carbonyl (C=O) groups is 1. The molecular formula is C25H20O3. The van der Waals surface area contributed by atoms with Crippen molar-refractivity contribution in [3.8, 4) is 16.9 Å². The molecule has 0 saturated heterocycles. The number of carbonyl (C=O) groups excluding carboxylic acids is 1. The Bertz CT molecular complexity index is 1100. The zero-order valence-corrected chi connectivity index (χ0v) is 15.6. The molecule has 0 aliphatic rings. The lowest BCUT2D eigenvalue weighted by atomic mass is 9.99. The third kappa shape index (κ3) is 3.60. The van der Waals surface area contributed by atoms with E-state index in [0.717, 1.165) is 33.2 Å². The lowest BCUT2D eigenvalue weighted by Gasteiger charge is -2.13. The summed E-state index contributed by atoms with van der Waals surface area (Å²) in [6.45, 7) is 0.292. The van der Waals surface area contributed by atoms with Gasteiger partial charge in [-0.15, -0.1) is 0 Å². The van der Waals surface area contributed by atoms with Crippen molar-refractivity contribution in [1.29, 1.82) is 0 Å². The van der Waals surface area contributed by atoms with Crippen molar-refractivity contribution in [2.75, 3.05) is 7.11 Å². The smallest absolute Gasteiger partial charge is 0.338 e. The second kappa shape index (κ2) is 7.97. The summed E-state index contributed by atoms with van der Waals surface area (Å²) in [6.07, 6.45) is 0. The molecule has 28 heavy (non-hydrogen) atoms. The molecule has 3 heteroatoms. The molecule has 0 heterocycles. The molecule has 0 atom stereocenters. The first kappa shape index (κ1) is 17.8. The summed E-state index contributed by atoms with van der Waals surface area (Å²) in [5.41, 5.74) is 3.66. The third-order valence-electron chi connectivity index (χ3n) is 4.76. The molecule has 0 aliphatic heterocycles. The van der Waals surface area contributed by atoms with Crippen LogP contribution in [0.3, 0.4) is 0 Å². The summed E-state index contributed by atoms with van der Waals surface area (Å²) in [5, 5.41) is 1.87. The normalized spacial score (nSPS) is 10.6. The first-order chi connectivity index (χ1) is 13.8. The fraction of sp³-hybridized carbons (Fsp3) is 0.0800. The van der Waals surface area contributed by atoms with Gasteiger partial charge in [0.2, 0.25) is 0 Å². The van der Waals surface area contributed by atoms with Crippen LogP contribution in [-0.2, 0) is 11.3 Å². The van der Waals surface area contributed by atoms with E-state index in [9.17, 15) is 4.79 Å². The van der Waals surface area contributed by atoms with Gasteiger partial charge in [0.15, 0.2) is 0 Å². The number of rotatable bonds is 5. The molecule has 4 rings (SSSR count). The van der Waals surface area contributed by atoms with Crippen molar-refractivity contribution in [1.82, 2.24) is 0 Å². The second-order valence-electron chi connectivity index (χ2n) is 6.49. The van der Waals surface area contributed by atoms with Gasteiger partial charge in [0, 0.05) is 5.56 Å². The molecule has 0 spiro atoms. The summed E-state index contributed by atoms with van der Waals surface area (Å²) in [4.78, 5) is 12.4. The van der Waals surface area contributed by atoms with Crippen LogP contribution in [0.25, 0.3) is 21.9 Å². The minimum atomic E-state index is -0.352. The molecule has 4 aromatic carbocycles. The summed E-state index contributed by atoms with van der Waals surface area (Å²) >= 11 is 0. The molecular weight excluding hydrogens is 348 g/mol. The fourth-order valence-electron chi connectivity index (χ4n) is 3.32. The number of esters is 1. The molecule has 0 aliphatic carbocycles. The van der Waals surface area contributed by atoms with Crippen LogP contribution in [-0.4, -0.2) is 13.1 Å². The lowest BCUT2D eigenvalue weighted by molar-refractivity contribution is 0.0600. The largest absolute Gasteiger partial charge is 0.489 e. The molecule has 3 nitrogen and oxygen atoms in total. The predicted molar refractivity (Wildman–Crippen MR) is 111 cm³/mol. The van der Waals surface area contributed by atoms with Gasteiger partial charge >= 0.3 is 5.97 Å². The molecule has 0 aromatic heterocycles. The van der Waals surface area contributed by atoms with Crippen LogP contribution >= 0.6 is 0 Å². The van der Waals surface area contributed by atoms with Gasteiger partial charge in [-0.2, -0.15) is 0 Å². The Morgan fingerprint density at radius 1 is 0.750 bits per heavy atom. The van der Waals surface area contributed by atoms with Crippen LogP contribution in [0.4, 0.5) is 0 Å². The molecule has 0 N–H and O–H groups in total. The number of fused-ring (bicyclic) bond motifs is 1. The van der Waals surface area contributed by atoms with Gasteiger partial charge < -0.3 is 9.47 Å². The fourth-order valence-corrected chi connectivity index (χ4v) is 3.32. The number of hydrogen-bond acceptors (Lipinski definition) is 3. The average Bonchev–Trinajstić information content (AvgIpc) is 2.77. The van der Waals surface area contributed by atoms with E-state index in [0.29, 0.717) is 12.2 Å². The van der Waals surface area contributed by atoms with Gasteiger partial charge in [-0.05, 0) is 34.0 Å². The molecule has 0 radical (unpaired) electrons. The van der Waals surface area contributed by atoms with E-state index < -0.39 is 0 Å². The van der Waals surface area contributed by atoms with Crippen molar-refractivity contribution >= 4 is 16.7 Å². The quantitative estimate of drug-likeness (QED) is 0.413. The molecule has 4 aromatic rings. The van der Waals surface area contributed by atoms with Gasteiger partial charge in [-0.1, -0.05) is 78.9 Å². The highest BCUT2D eigenvalue weighted by molar-refractivity contribution is 6.05. The predicted octanol–water partition coefficient (Wildman–Crippen LogP) is 5.87. The first-order valence-electron chi connectivity index (χ1n) is 9.13. The van der Waals surface area contributed by atoms with Crippen molar-refractivity contribution in [2.24, 2.45) is 0 Å². The highest BCUT2D eigenvalue weighted by Gasteiger charge is 2.16. The molecule has 0 unspecified atom stereocenters. The van der Waals surface area contributed by atoms with Gasteiger partial charge in [-0.25, -0.2) is 4.79 Å². The van der Waals surface area contributed by atoms with E-state index in [4.69, 9.17) is 9.47 Å². The standard InChI is InChI=1S/C25H20O3/c1-27-25(26)24-21(12-11-20-9-5-6-10-23(20)24)17-28-22-15-13-19(14-16-22)18-7-3-2-4-8-18/h2-16H,17H2,1H3. The molecule has 138 valence electrons. The second-order valence-corrected chi connectivity index (χ2v) is 6.49. The minimum Gasteiger partial charge on any atom is -0.489 e. The van der Waals surface area contributed by atoms with Crippen LogP contribution in [0, 0.1) is 0 Å². The van der Waals surface area contributed by atoms with E-state index in [1.807, 2.05) is 78.9 Å². The van der Waals surface area contributed by atoms with Crippen LogP contribution in [0.5, 0.6) is 5.75 Å². The zero-order valence-electron chi connectivity index (χ0n) is 15.6. The van der Waals surface area contributed by atoms with Gasteiger partial charge in [-0.3, -0.25) is 0 Å². The Morgan fingerprint density at radius 3 is 2.18 bits per heavy atom. The Labute approximate surface area is 164 Å². The Balaban J connectivity index is 1.58. The molecule has 0 saturated carbocycles. The Morgan fingerprint density at radius 2 is 1.43 bits per heavy atom. The van der Waals surface area contributed by atoms with E-state index in [-0.39, 0.29) is 5.97 Å². The monoisotopic (exact) mass is 368 g/mol. The maximum atomic E-state index is 12.4. The van der Waals surface area contributed by atoms with E-state index in [1.165, 1.54) is 7.11 Å². The lowest BCUT2D eigenvalue weighted by Crippen LogP contribution is -2.09. The van der Waals surface area contributed by atoms with Crippen LogP contribution in [0.15, 0.2) is 91.0 Å². The Kier molecular flexibility index (Phi) is 5.07. The Hall–Kier alpha value is -3.59. The molecule has 0 fully saturated rings. The average molecular weight is 368 g/mol. The maximum Gasteiger partial charge on any atom is 0.338 e. The number of benzene rings is 4. The molecule has 0 amide bonds. The van der Waals surface area contributed by atoms with Crippen LogP contribution in [0.2, 0.25) is 0 Å². The summed E-state index contributed by atoms with van der Waals surface area (Å²) in [6, 6.07) is 29.9. The topological polar surface area (TPSA) is 35.5 Å². The van der Waals surface area contributed by atoms with Crippen molar-refractivity contribution < 1.29 is 14.3 Å². The summed E-state index contributed by atoms with van der Waals surface area (Å²) in [5.74, 6) is 0.401. The number of methoxy groups -OCH3 is 1. The highest BCUT2D eigenvalue weighted by atomic mass is 16.5. The molecule has 0 bridgehead atoms. The first-order valence-corrected chi connectivity index (χ1v) is 9.13. The van der Waals surface area contributed by atoms with E-state index in [2.05, 4.69) is 12.1 Å². The van der Waals surface area contributed by atoms with E-state index in [1.54, 1.807) is 0 Å². The van der Waals surface area contributed by atoms with Gasteiger partial charge in [0.05, 0.1) is 12.7 Å². The number of ether oxygens (including phenoxy) is 2. The SMILES string of the molecule is COC(=O)c1c(COc2ccc(-c3ccccc3)cc2)ccc2ccccc12. The summed E-state index contributed by atoms with van der Waals surface area (Å²) in [7, 11) is 1.40. The summed E-state index contributed by atoms with van der Waals surface area (Å²) < 4.78 is 11.0. The van der Waals surface area contributed by atoms with Crippen molar-refractivity contribution in [3.63, 3.8) is 0 Å².